The van der Waals surface area contributed by atoms with Crippen LogP contribution in [-0.2, 0) is 0 Å². The Kier molecular flexibility index (Phi) is 2.91. The van der Waals surface area contributed by atoms with E-state index in [4.69, 9.17) is 5.73 Å². The van der Waals surface area contributed by atoms with Gasteiger partial charge in [0, 0.05) is 6.04 Å². The topological polar surface area (TPSA) is 26.0 Å². The predicted octanol–water partition coefficient (Wildman–Crippen LogP) is 4.67. The highest BCUT2D eigenvalue weighted by molar-refractivity contribution is 5.24. The summed E-state index contributed by atoms with van der Waals surface area (Å²) in [5.41, 5.74) is 9.33. The van der Waals surface area contributed by atoms with E-state index in [1.54, 1.807) is 0 Å². The zero-order chi connectivity index (χ0) is 14.0. The molecule has 0 aliphatic heterocycles. The van der Waals surface area contributed by atoms with Crippen LogP contribution in [0.3, 0.4) is 0 Å². The maximum Gasteiger partial charge on any atom is 0.00957 e. The quantitative estimate of drug-likeness (QED) is 0.638. The Labute approximate surface area is 124 Å². The van der Waals surface area contributed by atoms with E-state index in [2.05, 4.69) is 19.9 Å². The van der Waals surface area contributed by atoms with Crippen LogP contribution >= 0.6 is 0 Å². The van der Waals surface area contributed by atoms with Crippen molar-refractivity contribution in [2.45, 2.75) is 77.7 Å². The highest BCUT2D eigenvalue weighted by atomic mass is 14.8. The fourth-order valence-corrected chi connectivity index (χ4v) is 6.74. The molecular weight excluding hydrogens is 242 g/mol. The van der Waals surface area contributed by atoms with Crippen LogP contribution in [0.5, 0.6) is 0 Å². The lowest BCUT2D eigenvalue weighted by Gasteiger charge is -2.57. The van der Waals surface area contributed by atoms with Gasteiger partial charge in [-0.15, -0.1) is 0 Å². The third kappa shape index (κ3) is 1.59. The van der Waals surface area contributed by atoms with Gasteiger partial charge in [0.05, 0.1) is 0 Å². The van der Waals surface area contributed by atoms with Crippen molar-refractivity contribution in [1.82, 2.24) is 0 Å². The maximum atomic E-state index is 6.49. The number of fused-ring (bicyclic) bond motifs is 5. The van der Waals surface area contributed by atoms with E-state index in [1.165, 1.54) is 57.8 Å². The van der Waals surface area contributed by atoms with Crippen molar-refractivity contribution >= 4 is 0 Å². The summed E-state index contributed by atoms with van der Waals surface area (Å²) in [6.07, 6.45) is 15.3. The highest BCUT2D eigenvalue weighted by Crippen LogP contribution is 2.64. The summed E-state index contributed by atoms with van der Waals surface area (Å²) in [6, 6.07) is 0.470. The Morgan fingerprint density at radius 2 is 1.90 bits per heavy atom. The minimum atomic E-state index is 0.456. The monoisotopic (exact) mass is 273 g/mol. The van der Waals surface area contributed by atoms with Gasteiger partial charge in [0.2, 0.25) is 0 Å². The van der Waals surface area contributed by atoms with E-state index in [-0.39, 0.29) is 0 Å². The first kappa shape index (κ1) is 13.4. The number of allylic oxidation sites excluding steroid dienone is 2. The number of rotatable bonds is 0. The van der Waals surface area contributed by atoms with Gasteiger partial charge in [0.1, 0.15) is 0 Å². The van der Waals surface area contributed by atoms with E-state index >= 15 is 0 Å². The van der Waals surface area contributed by atoms with Crippen LogP contribution in [0.1, 0.15) is 71.6 Å². The van der Waals surface area contributed by atoms with Crippen molar-refractivity contribution in [3.05, 3.63) is 11.6 Å². The number of hydrogen-bond acceptors (Lipinski definition) is 1. The van der Waals surface area contributed by atoms with Crippen LogP contribution in [0.25, 0.3) is 0 Å². The second-order valence-electron chi connectivity index (χ2n) is 8.69. The molecule has 0 heterocycles. The van der Waals surface area contributed by atoms with E-state index in [1.807, 2.05) is 5.57 Å². The summed E-state index contributed by atoms with van der Waals surface area (Å²) in [7, 11) is 0. The van der Waals surface area contributed by atoms with Gasteiger partial charge in [0.25, 0.3) is 0 Å². The summed E-state index contributed by atoms with van der Waals surface area (Å²) in [5.74, 6) is 2.81. The van der Waals surface area contributed by atoms with Crippen molar-refractivity contribution in [2.24, 2.45) is 34.3 Å². The zero-order valence-corrected chi connectivity index (χ0v) is 13.3. The average molecular weight is 273 g/mol. The molecular formula is C19H31N. The van der Waals surface area contributed by atoms with Gasteiger partial charge in [-0.2, -0.15) is 0 Å². The second kappa shape index (κ2) is 4.35. The lowest BCUT2D eigenvalue weighted by molar-refractivity contribution is -0.0298. The molecule has 3 saturated carbocycles. The van der Waals surface area contributed by atoms with Gasteiger partial charge in [-0.1, -0.05) is 31.9 Å². The first-order valence-corrected chi connectivity index (χ1v) is 9.01. The highest BCUT2D eigenvalue weighted by Gasteiger charge is 2.57. The van der Waals surface area contributed by atoms with Gasteiger partial charge in [-0.25, -0.2) is 0 Å². The minimum Gasteiger partial charge on any atom is -0.327 e. The third-order valence-corrected chi connectivity index (χ3v) is 8.09. The Balaban J connectivity index is 1.69. The van der Waals surface area contributed by atoms with Crippen molar-refractivity contribution in [3.63, 3.8) is 0 Å². The molecule has 1 nitrogen and oxygen atoms in total. The summed E-state index contributed by atoms with van der Waals surface area (Å²) in [4.78, 5) is 0. The number of nitrogens with two attached hydrogens (primary N) is 1. The van der Waals surface area contributed by atoms with Gasteiger partial charge < -0.3 is 5.73 Å². The van der Waals surface area contributed by atoms with E-state index in [0.717, 1.165) is 17.8 Å². The molecule has 4 aliphatic carbocycles. The van der Waals surface area contributed by atoms with Crippen LogP contribution < -0.4 is 5.73 Å². The summed E-state index contributed by atoms with van der Waals surface area (Å²) >= 11 is 0. The third-order valence-electron chi connectivity index (χ3n) is 8.09. The Hall–Kier alpha value is -0.300. The van der Waals surface area contributed by atoms with Crippen LogP contribution in [-0.4, -0.2) is 6.04 Å². The van der Waals surface area contributed by atoms with Gasteiger partial charge in [0.15, 0.2) is 0 Å². The molecule has 0 saturated heterocycles. The fourth-order valence-electron chi connectivity index (χ4n) is 6.74. The smallest absolute Gasteiger partial charge is 0.00957 e. The maximum absolute atomic E-state index is 6.49. The molecule has 1 heteroatoms. The van der Waals surface area contributed by atoms with E-state index < -0.39 is 0 Å². The minimum absolute atomic E-state index is 0.456. The second-order valence-corrected chi connectivity index (χ2v) is 8.69. The molecule has 0 bridgehead atoms. The molecule has 3 fully saturated rings. The molecule has 0 aromatic rings. The zero-order valence-electron chi connectivity index (χ0n) is 13.3. The molecule has 20 heavy (non-hydrogen) atoms. The molecule has 6 atom stereocenters. The summed E-state index contributed by atoms with van der Waals surface area (Å²) in [5, 5.41) is 0. The largest absolute Gasteiger partial charge is 0.327 e. The van der Waals surface area contributed by atoms with E-state index in [9.17, 15) is 0 Å². The Bertz CT molecular complexity index is 439. The molecule has 0 spiro atoms. The Morgan fingerprint density at radius 1 is 1.05 bits per heavy atom. The number of hydrogen-bond donors (Lipinski definition) is 1. The SMILES string of the molecule is C[C@]12CCCCC1=CC[C@@H]1[C@H]2CC[C@]2(C)C(N)CC[C@@H]12. The fraction of sp³-hybridized carbons (Fsp3) is 0.895. The lowest BCUT2D eigenvalue weighted by Crippen LogP contribution is -2.51. The molecule has 2 N–H and O–H groups in total. The van der Waals surface area contributed by atoms with Crippen molar-refractivity contribution in [2.75, 3.05) is 0 Å². The summed E-state index contributed by atoms with van der Waals surface area (Å²) in [6.45, 7) is 5.11. The molecule has 0 amide bonds. The predicted molar refractivity (Wildman–Crippen MR) is 84.3 cm³/mol. The molecule has 0 aromatic carbocycles. The van der Waals surface area contributed by atoms with Gasteiger partial charge >= 0.3 is 0 Å². The van der Waals surface area contributed by atoms with Crippen LogP contribution in [0.15, 0.2) is 11.6 Å². The molecule has 0 aromatic heterocycles. The molecule has 4 rings (SSSR count). The van der Waals surface area contributed by atoms with Gasteiger partial charge in [-0.05, 0) is 80.0 Å². The Morgan fingerprint density at radius 3 is 2.75 bits per heavy atom. The van der Waals surface area contributed by atoms with Crippen LogP contribution in [0.2, 0.25) is 0 Å². The van der Waals surface area contributed by atoms with Crippen molar-refractivity contribution in [1.29, 1.82) is 0 Å². The molecule has 4 aliphatic rings. The van der Waals surface area contributed by atoms with Crippen LogP contribution in [0.4, 0.5) is 0 Å². The molecule has 1 unspecified atom stereocenters. The first-order chi connectivity index (χ1) is 9.56. The van der Waals surface area contributed by atoms with Crippen molar-refractivity contribution in [3.8, 4) is 0 Å². The van der Waals surface area contributed by atoms with Crippen molar-refractivity contribution < 1.29 is 0 Å². The lowest BCUT2D eigenvalue weighted by atomic mass is 9.48. The standard InChI is InChI=1S/C19H31N/c1-18-11-4-3-5-13(18)6-7-14-15-8-9-17(20)19(15,2)12-10-16(14)18/h6,14-17H,3-5,7-12,20H2,1-2H3/t14-,15-,16+,17?,18-,19-/m0/s1. The summed E-state index contributed by atoms with van der Waals surface area (Å²) < 4.78 is 0. The molecule has 0 radical (unpaired) electrons. The normalized spacial score (nSPS) is 54.6. The average Bonchev–Trinajstić information content (AvgIpc) is 2.74. The van der Waals surface area contributed by atoms with Gasteiger partial charge in [-0.3, -0.25) is 0 Å². The van der Waals surface area contributed by atoms with E-state index in [0.29, 0.717) is 16.9 Å². The molecule has 112 valence electrons. The first-order valence-electron chi connectivity index (χ1n) is 9.01. The van der Waals surface area contributed by atoms with Crippen LogP contribution in [0, 0.1) is 28.6 Å².